The minimum Gasteiger partial charge on any atom is -0.461 e. The summed E-state index contributed by atoms with van der Waals surface area (Å²) in [5, 5.41) is 13.0. The van der Waals surface area contributed by atoms with Gasteiger partial charge < -0.3 is 9.73 Å². The van der Waals surface area contributed by atoms with Crippen molar-refractivity contribution in [2.24, 2.45) is 0 Å². The summed E-state index contributed by atoms with van der Waals surface area (Å²) < 4.78 is 8.54. The molecule has 3 heterocycles. The van der Waals surface area contributed by atoms with Crippen LogP contribution in [0.2, 0.25) is 0 Å². The minimum atomic E-state index is -0.103. The van der Waals surface area contributed by atoms with Gasteiger partial charge in [0.05, 0.1) is 22.2 Å². The number of hydrogen-bond donors (Lipinski definition) is 1. The Morgan fingerprint density at radius 2 is 2.00 bits per heavy atom. The first-order valence-electron chi connectivity index (χ1n) is 10.5. The SMILES string of the molecule is CCn1c(SCC(=O)Nc2ccc(-c3nc4ccc(C)cc4s3)cc2)nnc1-c1ccco1. The van der Waals surface area contributed by atoms with Gasteiger partial charge in [0, 0.05) is 17.8 Å². The Morgan fingerprint density at radius 3 is 2.76 bits per heavy atom. The quantitative estimate of drug-likeness (QED) is 0.296. The number of nitrogens with zero attached hydrogens (tertiary/aromatic N) is 4. The molecule has 0 aliphatic heterocycles. The minimum absolute atomic E-state index is 0.103. The third-order valence-corrected chi connectivity index (χ3v) is 7.10. The van der Waals surface area contributed by atoms with Crippen molar-refractivity contribution in [2.45, 2.75) is 25.5 Å². The standard InChI is InChI=1S/C24H21N5O2S2/c1-3-29-22(19-5-4-12-31-19)27-28-24(29)32-14-21(30)25-17-9-7-16(8-10-17)23-26-18-11-6-15(2)13-20(18)33-23/h4-13H,3,14H2,1-2H3,(H,25,30). The number of fused-ring (bicyclic) bond motifs is 1. The summed E-state index contributed by atoms with van der Waals surface area (Å²) in [6, 6.07) is 17.7. The van der Waals surface area contributed by atoms with Crippen molar-refractivity contribution in [3.8, 4) is 22.2 Å². The van der Waals surface area contributed by atoms with E-state index in [1.165, 1.54) is 22.0 Å². The Morgan fingerprint density at radius 1 is 1.15 bits per heavy atom. The van der Waals surface area contributed by atoms with Crippen molar-refractivity contribution in [2.75, 3.05) is 11.1 Å². The molecular formula is C24H21N5O2S2. The summed E-state index contributed by atoms with van der Waals surface area (Å²) in [4.78, 5) is 17.2. The molecule has 2 aromatic carbocycles. The van der Waals surface area contributed by atoms with Gasteiger partial charge in [0.2, 0.25) is 5.91 Å². The molecule has 0 bridgehead atoms. The molecule has 0 radical (unpaired) electrons. The number of hydrogen-bond acceptors (Lipinski definition) is 7. The fourth-order valence-corrected chi connectivity index (χ4v) is 5.32. The molecule has 0 aliphatic rings. The smallest absolute Gasteiger partial charge is 0.234 e. The van der Waals surface area contributed by atoms with E-state index < -0.39 is 0 Å². The second-order valence-electron chi connectivity index (χ2n) is 7.43. The lowest BCUT2D eigenvalue weighted by molar-refractivity contribution is -0.113. The largest absolute Gasteiger partial charge is 0.461 e. The van der Waals surface area contributed by atoms with Gasteiger partial charge in [-0.1, -0.05) is 17.8 Å². The highest BCUT2D eigenvalue weighted by molar-refractivity contribution is 7.99. The molecular weight excluding hydrogens is 454 g/mol. The van der Waals surface area contributed by atoms with E-state index in [1.807, 2.05) is 54.0 Å². The molecule has 5 aromatic rings. The van der Waals surface area contributed by atoms with E-state index >= 15 is 0 Å². The first-order valence-corrected chi connectivity index (χ1v) is 12.3. The fraction of sp³-hybridized carbons (Fsp3) is 0.167. The number of furan rings is 1. The zero-order valence-corrected chi connectivity index (χ0v) is 19.7. The lowest BCUT2D eigenvalue weighted by atomic mass is 10.2. The molecule has 1 amide bonds. The van der Waals surface area contributed by atoms with Crippen molar-refractivity contribution < 1.29 is 9.21 Å². The molecule has 33 heavy (non-hydrogen) atoms. The second kappa shape index (κ2) is 9.21. The number of aromatic nitrogens is 4. The van der Waals surface area contributed by atoms with E-state index in [2.05, 4.69) is 34.6 Å². The van der Waals surface area contributed by atoms with Crippen molar-refractivity contribution in [1.29, 1.82) is 0 Å². The summed E-state index contributed by atoms with van der Waals surface area (Å²) in [6.45, 7) is 4.77. The maximum Gasteiger partial charge on any atom is 0.234 e. The van der Waals surface area contributed by atoms with E-state index in [4.69, 9.17) is 9.40 Å². The van der Waals surface area contributed by atoms with Gasteiger partial charge in [0.1, 0.15) is 5.01 Å². The molecule has 1 N–H and O–H groups in total. The number of benzene rings is 2. The van der Waals surface area contributed by atoms with Crippen LogP contribution in [0.3, 0.4) is 0 Å². The van der Waals surface area contributed by atoms with Gasteiger partial charge in [-0.25, -0.2) is 4.98 Å². The summed E-state index contributed by atoms with van der Waals surface area (Å²) in [5.41, 5.74) is 4.01. The maximum atomic E-state index is 12.5. The Hall–Kier alpha value is -3.43. The fourth-order valence-electron chi connectivity index (χ4n) is 3.45. The molecule has 0 saturated carbocycles. The second-order valence-corrected chi connectivity index (χ2v) is 9.41. The number of carbonyl (C=O) groups is 1. The third kappa shape index (κ3) is 4.55. The van der Waals surface area contributed by atoms with E-state index in [9.17, 15) is 4.79 Å². The number of carbonyl (C=O) groups excluding carboxylic acids is 1. The van der Waals surface area contributed by atoms with Crippen LogP contribution in [0.5, 0.6) is 0 Å². The van der Waals surface area contributed by atoms with Crippen LogP contribution in [-0.2, 0) is 11.3 Å². The molecule has 9 heteroatoms. The van der Waals surface area contributed by atoms with Crippen molar-refractivity contribution >= 4 is 44.9 Å². The number of anilines is 1. The first kappa shape index (κ1) is 21.4. The Labute approximate surface area is 198 Å². The van der Waals surface area contributed by atoms with Gasteiger partial charge in [-0.3, -0.25) is 9.36 Å². The number of thioether (sulfide) groups is 1. The van der Waals surface area contributed by atoms with Crippen LogP contribution < -0.4 is 5.32 Å². The molecule has 3 aromatic heterocycles. The van der Waals surface area contributed by atoms with Gasteiger partial charge >= 0.3 is 0 Å². The highest BCUT2D eigenvalue weighted by atomic mass is 32.2. The predicted octanol–water partition coefficient (Wildman–Crippen LogP) is 5.87. The number of thiazole rings is 1. The van der Waals surface area contributed by atoms with Gasteiger partial charge in [-0.05, 0) is 67.9 Å². The zero-order chi connectivity index (χ0) is 22.8. The molecule has 5 rings (SSSR count). The van der Waals surface area contributed by atoms with E-state index in [0.717, 1.165) is 21.8 Å². The molecule has 166 valence electrons. The molecule has 0 fully saturated rings. The van der Waals surface area contributed by atoms with Crippen LogP contribution in [0.15, 0.2) is 70.4 Å². The topological polar surface area (TPSA) is 85.8 Å². The van der Waals surface area contributed by atoms with Crippen molar-refractivity contribution in [1.82, 2.24) is 19.7 Å². The summed E-state index contributed by atoms with van der Waals surface area (Å²) in [7, 11) is 0. The van der Waals surface area contributed by atoms with Gasteiger partial charge in [-0.15, -0.1) is 21.5 Å². The van der Waals surface area contributed by atoms with Crippen LogP contribution in [0.4, 0.5) is 5.69 Å². The van der Waals surface area contributed by atoms with Gasteiger partial charge in [0.15, 0.2) is 16.7 Å². The average Bonchev–Trinajstić information content (AvgIpc) is 3.56. The monoisotopic (exact) mass is 475 g/mol. The molecule has 0 spiro atoms. The average molecular weight is 476 g/mol. The number of amides is 1. The lowest BCUT2D eigenvalue weighted by Crippen LogP contribution is -2.14. The lowest BCUT2D eigenvalue weighted by Gasteiger charge is -2.07. The predicted molar refractivity (Wildman–Crippen MR) is 133 cm³/mol. The molecule has 0 atom stereocenters. The van der Waals surface area contributed by atoms with E-state index in [1.54, 1.807) is 17.6 Å². The maximum absolute atomic E-state index is 12.5. The van der Waals surface area contributed by atoms with Gasteiger partial charge in [0.25, 0.3) is 0 Å². The Kier molecular flexibility index (Phi) is 5.97. The van der Waals surface area contributed by atoms with E-state index in [0.29, 0.717) is 23.3 Å². The van der Waals surface area contributed by atoms with Crippen LogP contribution in [0, 0.1) is 6.92 Å². The van der Waals surface area contributed by atoms with Gasteiger partial charge in [-0.2, -0.15) is 0 Å². The van der Waals surface area contributed by atoms with Crippen LogP contribution in [0.25, 0.3) is 32.4 Å². The normalized spacial score (nSPS) is 11.2. The van der Waals surface area contributed by atoms with Crippen LogP contribution in [-0.4, -0.2) is 31.4 Å². The Bertz CT molecular complexity index is 1400. The van der Waals surface area contributed by atoms with E-state index in [-0.39, 0.29) is 11.7 Å². The highest BCUT2D eigenvalue weighted by Gasteiger charge is 2.16. The zero-order valence-electron chi connectivity index (χ0n) is 18.1. The summed E-state index contributed by atoms with van der Waals surface area (Å²) >= 11 is 3.02. The summed E-state index contributed by atoms with van der Waals surface area (Å²) in [6.07, 6.45) is 1.60. The molecule has 0 saturated heterocycles. The highest BCUT2D eigenvalue weighted by Crippen LogP contribution is 2.31. The first-order chi connectivity index (χ1) is 16.1. The van der Waals surface area contributed by atoms with Crippen LogP contribution >= 0.6 is 23.1 Å². The molecule has 7 nitrogen and oxygen atoms in total. The Balaban J connectivity index is 1.22. The third-order valence-electron chi connectivity index (χ3n) is 5.07. The summed E-state index contributed by atoms with van der Waals surface area (Å²) in [5.74, 6) is 1.44. The molecule has 0 aliphatic carbocycles. The molecule has 0 unspecified atom stereocenters. The van der Waals surface area contributed by atoms with Crippen LogP contribution in [0.1, 0.15) is 12.5 Å². The van der Waals surface area contributed by atoms with Crippen molar-refractivity contribution in [3.63, 3.8) is 0 Å². The van der Waals surface area contributed by atoms with Crippen molar-refractivity contribution in [3.05, 3.63) is 66.4 Å². The number of rotatable bonds is 7. The number of aryl methyl sites for hydroxylation is 1. The number of nitrogens with one attached hydrogen (secondary N) is 1.